The number of β-lactam (4-membered cyclic amide) rings is 1. The summed E-state index contributed by atoms with van der Waals surface area (Å²) in [6, 6.07) is 0.544. The van der Waals surface area contributed by atoms with Crippen LogP contribution in [0.15, 0.2) is 40.3 Å². The fraction of sp³-hybridized carbons (Fsp3) is 0.294. The van der Waals surface area contributed by atoms with E-state index >= 15 is 0 Å². The van der Waals surface area contributed by atoms with Crippen LogP contribution in [0.3, 0.4) is 0 Å². The summed E-state index contributed by atoms with van der Waals surface area (Å²) in [6.07, 6.45) is 1.42. The molecule has 2 aliphatic rings. The number of H-pyrrole nitrogens is 1. The van der Waals surface area contributed by atoms with E-state index in [2.05, 4.69) is 25.8 Å². The van der Waals surface area contributed by atoms with Gasteiger partial charge in [0.25, 0.3) is 5.91 Å². The lowest BCUT2D eigenvalue weighted by Crippen LogP contribution is -2.71. The zero-order valence-electron chi connectivity index (χ0n) is 16.2. The molecule has 1 fully saturated rings. The highest BCUT2D eigenvalue weighted by molar-refractivity contribution is 8.01. The van der Waals surface area contributed by atoms with Crippen LogP contribution in [0.2, 0.25) is 0 Å². The average molecular weight is 496 g/mol. The minimum atomic E-state index is -1.21. The third-order valence-electron chi connectivity index (χ3n) is 4.70. The van der Waals surface area contributed by atoms with Crippen LogP contribution in [0, 0.1) is 0 Å². The second-order valence-corrected chi connectivity index (χ2v) is 9.74. The van der Waals surface area contributed by atoms with E-state index in [4.69, 9.17) is 5.73 Å². The molecule has 2 aromatic heterocycles. The molecule has 4 rings (SSSR count). The Kier molecular flexibility index (Phi) is 6.38. The van der Waals surface area contributed by atoms with Gasteiger partial charge in [0, 0.05) is 16.4 Å². The van der Waals surface area contributed by atoms with Gasteiger partial charge in [-0.3, -0.25) is 14.5 Å². The van der Waals surface area contributed by atoms with Gasteiger partial charge in [-0.05, 0) is 17.0 Å². The van der Waals surface area contributed by atoms with Crippen molar-refractivity contribution < 1.29 is 24.3 Å². The number of carboxylic acid groups (broad SMARTS) is 1. The first-order valence-corrected chi connectivity index (χ1v) is 12.1. The van der Waals surface area contributed by atoms with Crippen molar-refractivity contribution >= 4 is 58.7 Å². The molecule has 15 heteroatoms. The summed E-state index contributed by atoms with van der Waals surface area (Å²) in [5, 5.41) is 24.0. The second-order valence-electron chi connectivity index (χ2n) is 6.69. The third kappa shape index (κ3) is 4.31. The van der Waals surface area contributed by atoms with Crippen LogP contribution < -0.4 is 16.4 Å². The summed E-state index contributed by atoms with van der Waals surface area (Å²) in [5.41, 5.74) is 5.68. The monoisotopic (exact) mass is 495 g/mol. The fourth-order valence-electron chi connectivity index (χ4n) is 3.31. The Morgan fingerprint density at radius 1 is 1.44 bits per heavy atom. The number of nitrogens with two attached hydrogens (primary N) is 1. The van der Waals surface area contributed by atoms with Crippen LogP contribution >= 0.6 is 34.9 Å². The Bertz CT molecular complexity index is 1070. The minimum Gasteiger partial charge on any atom is -0.477 e. The normalized spacial score (nSPS) is 20.9. The number of carbonyl (C=O) groups is 4. The number of nitrogens with one attached hydrogen (secondary N) is 3. The van der Waals surface area contributed by atoms with Gasteiger partial charge in [0.15, 0.2) is 5.16 Å². The standard InChI is InChI=1S/C17H17N7O5S3/c18-16(29)22-9(8-2-1-3-30-8)12(25)21-10-13(26)24-11(15(27)28)7(4-31-14(10)24)5-32-17-19-6-20-23-17/h1-3,6,9-10,14H,4-5H2,(H,21,25)(H,27,28)(H3,18,22,29)(H,19,20,23)/t9?,10-,14?/m1/s1. The first-order chi connectivity index (χ1) is 15.4. The van der Waals surface area contributed by atoms with Crippen molar-refractivity contribution in [3.8, 4) is 0 Å². The number of hydrogen-bond acceptors (Lipinski definition) is 9. The molecule has 0 aromatic carbocycles. The maximum atomic E-state index is 12.8. The highest BCUT2D eigenvalue weighted by atomic mass is 32.2. The molecule has 4 amide bonds. The predicted molar refractivity (Wildman–Crippen MR) is 117 cm³/mol. The van der Waals surface area contributed by atoms with Crippen LogP contribution in [-0.2, 0) is 14.4 Å². The molecule has 2 unspecified atom stereocenters. The molecular formula is C17H17N7O5S3. The number of fused-ring (bicyclic) bond motifs is 1. The molecule has 0 aliphatic carbocycles. The molecule has 2 aromatic rings. The fourth-order valence-corrected chi connectivity index (χ4v) is 6.35. The highest BCUT2D eigenvalue weighted by Gasteiger charge is 2.54. The highest BCUT2D eigenvalue weighted by Crippen LogP contribution is 2.41. The van der Waals surface area contributed by atoms with E-state index in [1.165, 1.54) is 46.1 Å². The van der Waals surface area contributed by atoms with Gasteiger partial charge in [0.1, 0.15) is 29.5 Å². The molecule has 12 nitrogen and oxygen atoms in total. The number of primary amides is 1. The third-order valence-corrected chi connectivity index (χ3v) is 7.94. The number of aromatic amines is 1. The van der Waals surface area contributed by atoms with Gasteiger partial charge in [-0.1, -0.05) is 17.8 Å². The van der Waals surface area contributed by atoms with E-state index in [-0.39, 0.29) is 5.70 Å². The van der Waals surface area contributed by atoms with Gasteiger partial charge >= 0.3 is 12.0 Å². The Morgan fingerprint density at radius 2 is 2.25 bits per heavy atom. The first kappa shape index (κ1) is 22.2. The van der Waals surface area contributed by atoms with E-state index in [1.54, 1.807) is 17.5 Å². The average Bonchev–Trinajstić information content (AvgIpc) is 3.47. The molecule has 6 N–H and O–H groups in total. The van der Waals surface area contributed by atoms with E-state index < -0.39 is 41.3 Å². The van der Waals surface area contributed by atoms with E-state index in [1.807, 2.05) is 0 Å². The lowest BCUT2D eigenvalue weighted by atomic mass is 10.0. The van der Waals surface area contributed by atoms with Crippen molar-refractivity contribution in [3.05, 3.63) is 40.0 Å². The number of thiophene rings is 1. The molecule has 1 saturated heterocycles. The molecule has 2 aliphatic heterocycles. The summed E-state index contributed by atoms with van der Waals surface area (Å²) >= 11 is 3.89. The van der Waals surface area contributed by atoms with Crippen molar-refractivity contribution in [1.82, 2.24) is 30.7 Å². The number of carboxylic acids is 1. The number of aliphatic carboxylic acids is 1. The van der Waals surface area contributed by atoms with Crippen molar-refractivity contribution in [3.63, 3.8) is 0 Å². The molecule has 32 heavy (non-hydrogen) atoms. The van der Waals surface area contributed by atoms with Gasteiger partial charge in [-0.2, -0.15) is 0 Å². The number of carbonyl (C=O) groups excluding carboxylic acids is 3. The summed E-state index contributed by atoms with van der Waals surface area (Å²) < 4.78 is 0. The number of urea groups is 1. The number of aromatic nitrogens is 3. The molecule has 0 spiro atoms. The quantitative estimate of drug-likeness (QED) is 0.250. The lowest BCUT2D eigenvalue weighted by Gasteiger charge is -2.49. The Morgan fingerprint density at radius 3 is 2.88 bits per heavy atom. The minimum absolute atomic E-state index is 0.0821. The smallest absolute Gasteiger partial charge is 0.352 e. The number of nitrogens with zero attached hydrogens (tertiary/aromatic N) is 3. The zero-order chi connectivity index (χ0) is 22.8. The number of amides is 4. The largest absolute Gasteiger partial charge is 0.477 e. The van der Waals surface area contributed by atoms with Gasteiger partial charge in [-0.15, -0.1) is 33.3 Å². The van der Waals surface area contributed by atoms with E-state index in [9.17, 15) is 24.3 Å². The zero-order valence-corrected chi connectivity index (χ0v) is 18.6. The second kappa shape index (κ2) is 9.22. The molecule has 0 bridgehead atoms. The van der Waals surface area contributed by atoms with Crippen LogP contribution in [-0.4, -0.2) is 71.9 Å². The summed E-state index contributed by atoms with van der Waals surface area (Å²) in [6.45, 7) is 0. The van der Waals surface area contributed by atoms with E-state index in [0.29, 0.717) is 27.1 Å². The van der Waals surface area contributed by atoms with Crippen LogP contribution in [0.5, 0.6) is 0 Å². The number of hydrogen-bond donors (Lipinski definition) is 5. The molecule has 0 radical (unpaired) electrons. The predicted octanol–water partition coefficient (Wildman–Crippen LogP) is 0.107. The SMILES string of the molecule is NC(=O)NC(C(=O)N[C@@H]1C(=O)N2C(C(=O)O)=C(CSc3nnc[nH]3)CSC12)c1cccs1. The van der Waals surface area contributed by atoms with Crippen molar-refractivity contribution in [2.24, 2.45) is 5.73 Å². The van der Waals surface area contributed by atoms with Gasteiger partial charge in [0.05, 0.1) is 0 Å². The number of rotatable bonds is 8. The topological polar surface area (TPSA) is 183 Å². The van der Waals surface area contributed by atoms with Crippen molar-refractivity contribution in [1.29, 1.82) is 0 Å². The molecule has 3 atom stereocenters. The lowest BCUT2D eigenvalue weighted by molar-refractivity contribution is -0.150. The Balaban J connectivity index is 1.48. The summed E-state index contributed by atoms with van der Waals surface area (Å²) in [5.74, 6) is -1.65. The maximum Gasteiger partial charge on any atom is 0.352 e. The molecule has 0 saturated carbocycles. The maximum absolute atomic E-state index is 12.8. The Hall–Kier alpha value is -3.04. The Labute approximate surface area is 193 Å². The van der Waals surface area contributed by atoms with Gasteiger partial charge in [0.2, 0.25) is 5.91 Å². The van der Waals surface area contributed by atoms with Crippen LogP contribution in [0.4, 0.5) is 4.79 Å². The van der Waals surface area contributed by atoms with Crippen molar-refractivity contribution in [2.75, 3.05) is 11.5 Å². The van der Waals surface area contributed by atoms with Crippen molar-refractivity contribution in [2.45, 2.75) is 22.6 Å². The van der Waals surface area contributed by atoms with E-state index in [0.717, 1.165) is 0 Å². The molecular weight excluding hydrogens is 478 g/mol. The summed E-state index contributed by atoms with van der Waals surface area (Å²) in [7, 11) is 0. The summed E-state index contributed by atoms with van der Waals surface area (Å²) in [4.78, 5) is 53.5. The first-order valence-electron chi connectivity index (χ1n) is 9.15. The molecule has 4 heterocycles. The van der Waals surface area contributed by atoms with Gasteiger partial charge in [-0.25, -0.2) is 9.59 Å². The van der Waals surface area contributed by atoms with Crippen LogP contribution in [0.25, 0.3) is 0 Å². The van der Waals surface area contributed by atoms with Crippen LogP contribution in [0.1, 0.15) is 10.9 Å². The van der Waals surface area contributed by atoms with Gasteiger partial charge < -0.3 is 26.5 Å². The molecule has 168 valence electrons. The number of thioether (sulfide) groups is 2.